The van der Waals surface area contributed by atoms with Crippen LogP contribution >= 0.6 is 0 Å². The molecule has 0 fully saturated rings. The Morgan fingerprint density at radius 2 is 0.947 bits per heavy atom. The van der Waals surface area contributed by atoms with Crippen LogP contribution in [0.4, 0.5) is 0 Å². The average molecular weight is 308 g/mol. The smallest absolute Gasteiger partial charge is 0.374 e. The van der Waals surface area contributed by atoms with E-state index in [9.17, 15) is 0 Å². The molecule has 19 heavy (non-hydrogen) atoms. The second-order valence-corrected chi connectivity index (χ2v) is 12.1. The summed E-state index contributed by atoms with van der Waals surface area (Å²) in [5, 5.41) is 0. The van der Waals surface area contributed by atoms with Crippen LogP contribution in [0, 0.1) is 0 Å². The molecule has 0 aliphatic carbocycles. The van der Waals surface area contributed by atoms with Crippen molar-refractivity contribution in [1.29, 1.82) is 0 Å². The third kappa shape index (κ3) is 3.95. The summed E-state index contributed by atoms with van der Waals surface area (Å²) in [6.45, 7) is 0. The second kappa shape index (κ2) is 7.65. The maximum atomic E-state index is 5.45. The predicted octanol–water partition coefficient (Wildman–Crippen LogP) is 0.123. The molecule has 0 bridgehead atoms. The minimum atomic E-state index is -2.69. The Bertz CT molecular complexity index is 265. The van der Waals surface area contributed by atoms with Crippen LogP contribution in [-0.2, 0) is 13.3 Å². The van der Waals surface area contributed by atoms with Crippen LogP contribution in [0.25, 0.3) is 0 Å². The Labute approximate surface area is 120 Å². The van der Waals surface area contributed by atoms with E-state index in [0.717, 1.165) is 0 Å². The molecule has 0 heterocycles. The van der Waals surface area contributed by atoms with Gasteiger partial charge in [-0.2, -0.15) is 0 Å². The number of nitrogens with zero attached hydrogens (tertiary/aromatic N) is 3. The molecule has 0 saturated heterocycles. The lowest BCUT2D eigenvalue weighted by Gasteiger charge is -2.44. The van der Waals surface area contributed by atoms with Gasteiger partial charge in [-0.3, -0.25) is 0 Å². The molecule has 0 aliphatic rings. The van der Waals surface area contributed by atoms with Crippen LogP contribution in [-0.4, -0.2) is 94.7 Å². The highest BCUT2D eigenvalue weighted by Gasteiger charge is 2.43. The van der Waals surface area contributed by atoms with E-state index in [4.69, 9.17) is 13.3 Å². The fraction of sp³-hybridized carbons (Fsp3) is 0.818. The highest BCUT2D eigenvalue weighted by Crippen LogP contribution is 2.17. The van der Waals surface area contributed by atoms with E-state index in [2.05, 4.69) is 61.7 Å². The van der Waals surface area contributed by atoms with Crippen LogP contribution in [0.5, 0.6) is 0 Å². The third-order valence-electron chi connectivity index (χ3n) is 3.34. The first-order valence-corrected chi connectivity index (χ1v) is 9.82. The van der Waals surface area contributed by atoms with Crippen LogP contribution < -0.4 is 0 Å². The van der Waals surface area contributed by atoms with Crippen LogP contribution in [0.15, 0.2) is 11.4 Å². The molecule has 0 saturated carbocycles. The van der Waals surface area contributed by atoms with Gasteiger partial charge in [-0.1, -0.05) is 5.70 Å². The third-order valence-corrected chi connectivity index (χ3v) is 10.5. The minimum absolute atomic E-state index is 1.62. The van der Waals surface area contributed by atoms with Gasteiger partial charge in [0.15, 0.2) is 0 Å². The quantitative estimate of drug-likeness (QED) is 0.593. The van der Waals surface area contributed by atoms with E-state index in [1.165, 1.54) is 0 Å². The fourth-order valence-corrected chi connectivity index (χ4v) is 8.23. The maximum absolute atomic E-state index is 5.45. The number of hydrogen-bond donors (Lipinski definition) is 0. The molecule has 0 spiro atoms. The molecule has 0 rings (SSSR count). The second-order valence-electron chi connectivity index (χ2n) is 4.92. The molecular weight excluding hydrogens is 278 g/mol. The van der Waals surface area contributed by atoms with Gasteiger partial charge in [-0.05, 0) is 48.0 Å². The molecular formula is C11H29N3O3Si2. The van der Waals surface area contributed by atoms with Crippen molar-refractivity contribution in [2.24, 2.45) is 0 Å². The molecule has 0 unspecified atom stereocenters. The monoisotopic (exact) mass is 307 g/mol. The van der Waals surface area contributed by atoms with Gasteiger partial charge in [0.25, 0.3) is 0 Å². The molecule has 8 heteroatoms. The lowest BCUT2D eigenvalue weighted by molar-refractivity contribution is 0.138. The van der Waals surface area contributed by atoms with Crippen LogP contribution in [0.1, 0.15) is 0 Å². The summed E-state index contributed by atoms with van der Waals surface area (Å²) in [5.74, 6) is 0. The van der Waals surface area contributed by atoms with Crippen molar-refractivity contribution >= 4 is 17.4 Å². The Hall–Kier alpha value is -0.0662. The van der Waals surface area contributed by atoms with Crippen molar-refractivity contribution in [3.8, 4) is 0 Å². The highest BCUT2D eigenvalue weighted by molar-refractivity contribution is 6.79. The van der Waals surface area contributed by atoms with Gasteiger partial charge in [0.05, 0.1) is 0 Å². The molecule has 0 aliphatic heterocycles. The average Bonchev–Trinajstić information content (AvgIpc) is 2.34. The summed E-state index contributed by atoms with van der Waals surface area (Å²) in [6, 6.07) is 0. The molecule has 0 radical (unpaired) electrons. The summed E-state index contributed by atoms with van der Waals surface area (Å²) in [5.41, 5.74) is 4.16. The first-order valence-electron chi connectivity index (χ1n) is 6.10. The van der Waals surface area contributed by atoms with Gasteiger partial charge in [0, 0.05) is 21.3 Å². The fourth-order valence-electron chi connectivity index (χ4n) is 2.32. The number of rotatable bonds is 8. The Morgan fingerprint density at radius 1 is 0.632 bits per heavy atom. The van der Waals surface area contributed by atoms with Crippen molar-refractivity contribution in [2.75, 3.05) is 63.6 Å². The van der Waals surface area contributed by atoms with Gasteiger partial charge in [0.1, 0.15) is 0 Å². The largest absolute Gasteiger partial charge is 0.528 e. The highest BCUT2D eigenvalue weighted by atomic mass is 28.4. The van der Waals surface area contributed by atoms with Crippen molar-refractivity contribution in [3.05, 3.63) is 11.4 Å². The standard InChI is InChI=1S/C11H29N3O3Si2/c1-12(2)18(13(3)4,14(5)6)10-11-19(15-7,16-8)17-9/h10-11H,1-9H3. The predicted molar refractivity (Wildman–Crippen MR) is 82.7 cm³/mol. The van der Waals surface area contributed by atoms with Crippen LogP contribution in [0.2, 0.25) is 0 Å². The van der Waals surface area contributed by atoms with E-state index in [0.29, 0.717) is 0 Å². The molecule has 0 atom stereocenters. The Morgan fingerprint density at radius 3 is 1.16 bits per heavy atom. The number of hydrogen-bond acceptors (Lipinski definition) is 6. The van der Waals surface area contributed by atoms with E-state index >= 15 is 0 Å². The molecule has 6 nitrogen and oxygen atoms in total. The van der Waals surface area contributed by atoms with Crippen molar-refractivity contribution in [2.45, 2.75) is 0 Å². The molecule has 0 amide bonds. The SMILES string of the molecule is CO[Si](C=C[Si](N(C)C)(N(C)C)N(C)C)(OC)OC. The topological polar surface area (TPSA) is 37.4 Å². The Balaban J connectivity index is 5.55. The van der Waals surface area contributed by atoms with Gasteiger partial charge >= 0.3 is 17.4 Å². The Kier molecular flexibility index (Phi) is 7.62. The first kappa shape index (κ1) is 18.9. The lowest BCUT2D eigenvalue weighted by atomic mass is 11.2. The molecule has 0 aromatic rings. The van der Waals surface area contributed by atoms with Gasteiger partial charge < -0.3 is 27.0 Å². The van der Waals surface area contributed by atoms with Gasteiger partial charge in [-0.15, -0.1) is 0 Å². The zero-order chi connectivity index (χ0) is 15.3. The van der Waals surface area contributed by atoms with E-state index < -0.39 is 17.4 Å². The summed E-state index contributed by atoms with van der Waals surface area (Å²) in [6.07, 6.45) is 0. The minimum Gasteiger partial charge on any atom is -0.374 e. The summed E-state index contributed by atoms with van der Waals surface area (Å²) in [4.78, 5) is 0. The zero-order valence-corrected chi connectivity index (χ0v) is 15.7. The molecule has 0 N–H and O–H groups in total. The van der Waals surface area contributed by atoms with E-state index in [1.807, 2.05) is 5.70 Å². The van der Waals surface area contributed by atoms with Gasteiger partial charge in [0.2, 0.25) is 0 Å². The first-order chi connectivity index (χ1) is 8.72. The zero-order valence-electron chi connectivity index (χ0n) is 13.7. The molecule has 0 aromatic carbocycles. The lowest BCUT2D eigenvalue weighted by Crippen LogP contribution is -2.69. The van der Waals surface area contributed by atoms with E-state index in [-0.39, 0.29) is 0 Å². The molecule has 0 aromatic heterocycles. The van der Waals surface area contributed by atoms with Crippen molar-refractivity contribution < 1.29 is 13.3 Å². The summed E-state index contributed by atoms with van der Waals surface area (Å²) >= 11 is 0. The van der Waals surface area contributed by atoms with Crippen molar-refractivity contribution in [1.82, 2.24) is 13.7 Å². The van der Waals surface area contributed by atoms with Crippen molar-refractivity contribution in [3.63, 3.8) is 0 Å². The summed E-state index contributed by atoms with van der Waals surface area (Å²) in [7, 11) is 12.6. The van der Waals surface area contributed by atoms with Gasteiger partial charge in [-0.25, -0.2) is 0 Å². The van der Waals surface area contributed by atoms with Crippen LogP contribution in [0.3, 0.4) is 0 Å². The summed E-state index contributed by atoms with van der Waals surface area (Å²) < 4.78 is 23.1. The van der Waals surface area contributed by atoms with E-state index in [1.54, 1.807) is 21.3 Å². The maximum Gasteiger partial charge on any atom is 0.528 e. The normalized spacial score (nSPS) is 14.3. The molecule has 114 valence electrons.